The van der Waals surface area contributed by atoms with Crippen molar-refractivity contribution in [2.75, 3.05) is 37.3 Å². The first-order valence-corrected chi connectivity index (χ1v) is 11.6. The normalized spacial score (nSPS) is 13.5. The highest BCUT2D eigenvalue weighted by molar-refractivity contribution is 5.82. The number of carbonyl (C=O) groups is 1. The summed E-state index contributed by atoms with van der Waals surface area (Å²) < 4.78 is 0. The Bertz CT molecular complexity index is 961. The number of allylic oxidation sites excluding steroid dienone is 1. The first-order chi connectivity index (χ1) is 16.0. The molecule has 0 amide bonds. The number of aliphatic carboxylic acids is 1. The van der Waals surface area contributed by atoms with Gasteiger partial charge in [-0.3, -0.25) is 4.79 Å². The topological polar surface area (TPSA) is 97.2 Å². The van der Waals surface area contributed by atoms with Crippen molar-refractivity contribution >= 4 is 17.3 Å². The van der Waals surface area contributed by atoms with Crippen molar-refractivity contribution in [2.45, 2.75) is 44.4 Å². The van der Waals surface area contributed by atoms with Gasteiger partial charge in [-0.2, -0.15) is 5.26 Å². The first kappa shape index (κ1) is 26.0. The second-order valence-corrected chi connectivity index (χ2v) is 8.22. The van der Waals surface area contributed by atoms with Gasteiger partial charge in [-0.05, 0) is 69.0 Å². The smallest absolute Gasteiger partial charge is 0.314 e. The average Bonchev–Trinajstić information content (AvgIpc) is 2.78. The van der Waals surface area contributed by atoms with E-state index in [-0.39, 0.29) is 0 Å². The van der Waals surface area contributed by atoms with Crippen LogP contribution in [0.5, 0.6) is 0 Å². The van der Waals surface area contributed by atoms with Crippen molar-refractivity contribution in [3.8, 4) is 6.07 Å². The molecular formula is C27H36N4O2. The number of hydrogen-bond acceptors (Lipinski definition) is 5. The fraction of sp³-hybridized carbons (Fsp3) is 0.407. The summed E-state index contributed by atoms with van der Waals surface area (Å²) >= 11 is 0. The maximum absolute atomic E-state index is 11.7. The SMILES string of the molecule is C=CC.CNc1c(C#N)cccc1NCCCNCCc1cccc(C2(C(=O)O)CCC2)c1. The Hall–Kier alpha value is -3.30. The van der Waals surface area contributed by atoms with Crippen molar-refractivity contribution in [1.82, 2.24) is 5.32 Å². The molecule has 1 aliphatic carbocycles. The predicted octanol–water partition coefficient (Wildman–Crippen LogP) is 4.93. The van der Waals surface area contributed by atoms with Crippen molar-refractivity contribution < 1.29 is 9.90 Å². The van der Waals surface area contributed by atoms with Crippen LogP contribution in [0.3, 0.4) is 0 Å². The van der Waals surface area contributed by atoms with Crippen LogP contribution in [0.1, 0.15) is 49.3 Å². The molecule has 0 aromatic heterocycles. The Morgan fingerprint density at radius 2 is 1.94 bits per heavy atom. The molecular weight excluding hydrogens is 412 g/mol. The van der Waals surface area contributed by atoms with Gasteiger partial charge in [0, 0.05) is 13.6 Å². The summed E-state index contributed by atoms with van der Waals surface area (Å²) in [7, 11) is 1.82. The molecule has 0 aliphatic heterocycles. The average molecular weight is 449 g/mol. The summed E-state index contributed by atoms with van der Waals surface area (Å²) in [5, 5.41) is 28.7. The minimum atomic E-state index is -0.696. The van der Waals surface area contributed by atoms with Crippen LogP contribution in [-0.2, 0) is 16.6 Å². The van der Waals surface area contributed by atoms with Gasteiger partial charge >= 0.3 is 5.97 Å². The van der Waals surface area contributed by atoms with Crippen LogP contribution in [-0.4, -0.2) is 37.8 Å². The molecule has 2 aromatic carbocycles. The summed E-state index contributed by atoms with van der Waals surface area (Å²) in [5.41, 5.74) is 3.87. The van der Waals surface area contributed by atoms with E-state index < -0.39 is 11.4 Å². The van der Waals surface area contributed by atoms with E-state index in [4.69, 9.17) is 0 Å². The zero-order valence-electron chi connectivity index (χ0n) is 19.8. The van der Waals surface area contributed by atoms with Crippen LogP contribution in [0.4, 0.5) is 11.4 Å². The highest BCUT2D eigenvalue weighted by Crippen LogP contribution is 2.44. The van der Waals surface area contributed by atoms with Gasteiger partial charge in [-0.1, -0.05) is 42.8 Å². The van der Waals surface area contributed by atoms with Gasteiger partial charge in [-0.25, -0.2) is 0 Å². The van der Waals surface area contributed by atoms with E-state index in [1.54, 1.807) is 12.1 Å². The van der Waals surface area contributed by atoms with Gasteiger partial charge in [0.25, 0.3) is 0 Å². The Morgan fingerprint density at radius 3 is 2.55 bits per heavy atom. The summed E-state index contributed by atoms with van der Waals surface area (Å²) in [4.78, 5) is 11.7. The largest absolute Gasteiger partial charge is 0.481 e. The van der Waals surface area contributed by atoms with Crippen LogP contribution in [0.15, 0.2) is 55.1 Å². The summed E-state index contributed by atoms with van der Waals surface area (Å²) in [6, 6.07) is 15.9. The fourth-order valence-corrected chi connectivity index (χ4v) is 4.04. The van der Waals surface area contributed by atoms with E-state index in [1.807, 2.05) is 38.2 Å². The Balaban J connectivity index is 0.00000122. The highest BCUT2D eigenvalue weighted by Gasteiger charge is 2.45. The number of anilines is 2. The molecule has 33 heavy (non-hydrogen) atoms. The molecule has 0 unspecified atom stereocenters. The Kier molecular flexibility index (Phi) is 10.5. The second kappa shape index (κ2) is 13.3. The lowest BCUT2D eigenvalue weighted by Crippen LogP contribution is -2.42. The molecule has 0 atom stereocenters. The lowest BCUT2D eigenvalue weighted by Gasteiger charge is -2.38. The van der Waals surface area contributed by atoms with E-state index in [0.29, 0.717) is 5.56 Å². The number of benzene rings is 2. The van der Waals surface area contributed by atoms with Crippen molar-refractivity contribution in [1.29, 1.82) is 5.26 Å². The lowest BCUT2D eigenvalue weighted by molar-refractivity contribution is -0.147. The Morgan fingerprint density at radius 1 is 1.21 bits per heavy atom. The van der Waals surface area contributed by atoms with Gasteiger partial charge in [0.15, 0.2) is 0 Å². The molecule has 176 valence electrons. The summed E-state index contributed by atoms with van der Waals surface area (Å²) in [6.07, 6.45) is 6.06. The molecule has 1 fully saturated rings. The molecule has 1 aliphatic rings. The van der Waals surface area contributed by atoms with Gasteiger partial charge in [0.1, 0.15) is 6.07 Å². The monoisotopic (exact) mass is 448 g/mol. The second-order valence-electron chi connectivity index (χ2n) is 8.22. The molecule has 0 radical (unpaired) electrons. The molecule has 2 aromatic rings. The van der Waals surface area contributed by atoms with Crippen LogP contribution in [0, 0.1) is 11.3 Å². The van der Waals surface area contributed by atoms with E-state index in [1.165, 1.54) is 5.56 Å². The summed E-state index contributed by atoms with van der Waals surface area (Å²) in [5.74, 6) is -0.696. The van der Waals surface area contributed by atoms with Crippen molar-refractivity contribution in [3.63, 3.8) is 0 Å². The standard InChI is InChI=1S/C24H30N4O2.C3H6/c1-26-22-19(17-25)7-3-9-21(22)28-14-5-13-27-15-10-18-6-2-8-20(16-18)24(23(29)30)11-4-12-24;1-3-2/h2-3,6-9,16,26-28H,4-5,10-15H2,1H3,(H,29,30);3H,1H2,2H3. The van der Waals surface area contributed by atoms with E-state index >= 15 is 0 Å². The third-order valence-corrected chi connectivity index (χ3v) is 5.97. The molecule has 4 N–H and O–H groups in total. The number of para-hydroxylation sites is 1. The number of carboxylic acid groups (broad SMARTS) is 1. The molecule has 3 rings (SSSR count). The van der Waals surface area contributed by atoms with E-state index in [2.05, 4.69) is 40.7 Å². The predicted molar refractivity (Wildman–Crippen MR) is 136 cm³/mol. The maximum atomic E-state index is 11.7. The first-order valence-electron chi connectivity index (χ1n) is 11.6. The van der Waals surface area contributed by atoms with Crippen molar-refractivity contribution in [3.05, 3.63) is 71.8 Å². The van der Waals surface area contributed by atoms with Gasteiger partial charge in [0.2, 0.25) is 0 Å². The van der Waals surface area contributed by atoms with E-state index in [9.17, 15) is 15.2 Å². The van der Waals surface area contributed by atoms with Gasteiger partial charge < -0.3 is 21.1 Å². The molecule has 0 heterocycles. The number of rotatable bonds is 11. The van der Waals surface area contributed by atoms with Crippen molar-refractivity contribution in [2.24, 2.45) is 0 Å². The molecule has 6 heteroatoms. The van der Waals surface area contributed by atoms with Gasteiger partial charge in [0.05, 0.1) is 22.4 Å². The Labute approximate surface area is 197 Å². The number of nitriles is 1. The zero-order chi connectivity index (χ0) is 24.1. The minimum Gasteiger partial charge on any atom is -0.481 e. The van der Waals surface area contributed by atoms with Crippen LogP contribution < -0.4 is 16.0 Å². The molecule has 0 saturated heterocycles. The summed E-state index contributed by atoms with van der Waals surface area (Å²) in [6.45, 7) is 7.81. The number of carboxylic acids is 1. The molecule has 0 spiro atoms. The molecule has 0 bridgehead atoms. The molecule has 6 nitrogen and oxygen atoms in total. The zero-order valence-corrected chi connectivity index (χ0v) is 19.8. The van der Waals surface area contributed by atoms with Gasteiger partial charge in [-0.15, -0.1) is 6.58 Å². The molecule has 1 saturated carbocycles. The highest BCUT2D eigenvalue weighted by atomic mass is 16.4. The third-order valence-electron chi connectivity index (χ3n) is 5.97. The minimum absolute atomic E-state index is 0.634. The van der Waals surface area contributed by atoms with Crippen LogP contribution in [0.25, 0.3) is 0 Å². The fourth-order valence-electron chi connectivity index (χ4n) is 4.04. The number of hydrogen-bond donors (Lipinski definition) is 4. The quantitative estimate of drug-likeness (QED) is 0.287. The lowest BCUT2D eigenvalue weighted by atomic mass is 9.64. The van der Waals surface area contributed by atoms with Crippen LogP contribution >= 0.6 is 0 Å². The number of nitrogens with one attached hydrogen (secondary N) is 3. The van der Waals surface area contributed by atoms with E-state index in [0.717, 1.165) is 68.7 Å². The maximum Gasteiger partial charge on any atom is 0.314 e. The van der Waals surface area contributed by atoms with Crippen LogP contribution in [0.2, 0.25) is 0 Å². The number of nitrogens with zero attached hydrogens (tertiary/aromatic N) is 1. The third kappa shape index (κ3) is 6.84.